The van der Waals surface area contributed by atoms with Crippen LogP contribution < -0.4 is 0 Å². The first-order valence-electron chi connectivity index (χ1n) is 4.86. The van der Waals surface area contributed by atoms with Gasteiger partial charge in [0.15, 0.2) is 0 Å². The highest BCUT2D eigenvalue weighted by Crippen LogP contribution is 2.41. The molecule has 0 amide bonds. The predicted molar refractivity (Wildman–Crippen MR) is 47.6 cm³/mol. The van der Waals surface area contributed by atoms with E-state index in [1.54, 1.807) is 0 Å². The lowest BCUT2D eigenvalue weighted by atomic mass is 9.68. The summed E-state index contributed by atoms with van der Waals surface area (Å²) in [5, 5.41) is 0. The molecule has 0 aromatic carbocycles. The number of methoxy groups -OCH3 is 1. The fourth-order valence-corrected chi connectivity index (χ4v) is 2.33. The van der Waals surface area contributed by atoms with Crippen LogP contribution in [0, 0.1) is 11.8 Å². The summed E-state index contributed by atoms with van der Waals surface area (Å²) < 4.78 is 5.37. The molecule has 11 heavy (non-hydrogen) atoms. The molecule has 1 heteroatoms. The molecule has 0 N–H and O–H groups in total. The zero-order valence-corrected chi connectivity index (χ0v) is 7.97. The van der Waals surface area contributed by atoms with Crippen molar-refractivity contribution in [1.29, 1.82) is 0 Å². The van der Waals surface area contributed by atoms with Gasteiger partial charge in [-0.15, -0.1) is 0 Å². The van der Waals surface area contributed by atoms with Gasteiger partial charge in [-0.05, 0) is 18.3 Å². The maximum absolute atomic E-state index is 5.37. The van der Waals surface area contributed by atoms with Gasteiger partial charge in [-0.25, -0.2) is 0 Å². The molecule has 1 saturated carbocycles. The fourth-order valence-electron chi connectivity index (χ4n) is 2.33. The summed E-state index contributed by atoms with van der Waals surface area (Å²) in [6.45, 7) is 4.55. The Morgan fingerprint density at radius 1 is 1.36 bits per heavy atom. The van der Waals surface area contributed by atoms with Crippen LogP contribution in [-0.2, 0) is 4.74 Å². The molecule has 0 aromatic heterocycles. The molecular formula is C10H20O. The smallest absolute Gasteiger partial charge is 0.0604 e. The molecule has 0 aromatic rings. The Kier molecular flexibility index (Phi) is 3.38. The van der Waals surface area contributed by atoms with E-state index in [1.807, 2.05) is 7.11 Å². The number of hydrogen-bond donors (Lipinski definition) is 0. The van der Waals surface area contributed by atoms with Crippen molar-refractivity contribution >= 4 is 0 Å². The fraction of sp³-hybridized carbons (Fsp3) is 1.00. The van der Waals surface area contributed by atoms with Gasteiger partial charge in [-0.1, -0.05) is 33.1 Å². The Bertz CT molecular complexity index is 111. The normalized spacial score (nSPS) is 36.8. The van der Waals surface area contributed by atoms with Gasteiger partial charge in [-0.2, -0.15) is 0 Å². The summed E-state index contributed by atoms with van der Waals surface area (Å²) in [4.78, 5) is 0. The summed E-state index contributed by atoms with van der Waals surface area (Å²) in [6, 6.07) is 0. The van der Waals surface area contributed by atoms with Crippen LogP contribution >= 0.6 is 0 Å². The molecule has 0 spiro atoms. The summed E-state index contributed by atoms with van der Waals surface area (Å²) in [7, 11) is 1.84. The largest absolute Gasteiger partial charge is 0.381 e. The Morgan fingerprint density at radius 2 is 2.09 bits per heavy atom. The quantitative estimate of drug-likeness (QED) is 0.608. The van der Waals surface area contributed by atoms with Crippen molar-refractivity contribution in [2.24, 2.45) is 11.8 Å². The molecule has 3 unspecified atom stereocenters. The highest BCUT2D eigenvalue weighted by atomic mass is 16.5. The summed E-state index contributed by atoms with van der Waals surface area (Å²) in [5.41, 5.74) is 0. The lowest BCUT2D eigenvalue weighted by Crippen LogP contribution is -2.42. The molecule has 66 valence electrons. The van der Waals surface area contributed by atoms with Gasteiger partial charge >= 0.3 is 0 Å². The highest BCUT2D eigenvalue weighted by molar-refractivity contribution is 4.88. The SMILES string of the molecule is CCCC1CC(OC)C1CC. The molecule has 0 heterocycles. The van der Waals surface area contributed by atoms with Gasteiger partial charge in [0, 0.05) is 7.11 Å². The monoisotopic (exact) mass is 156 g/mol. The standard InChI is InChI=1S/C10H20O/c1-4-6-8-7-10(11-3)9(8)5-2/h8-10H,4-7H2,1-3H3. The van der Waals surface area contributed by atoms with E-state index >= 15 is 0 Å². The molecule has 0 aliphatic heterocycles. The van der Waals surface area contributed by atoms with Gasteiger partial charge in [-0.3, -0.25) is 0 Å². The third-order valence-electron chi connectivity index (χ3n) is 3.05. The van der Waals surface area contributed by atoms with Crippen LogP contribution in [0.5, 0.6) is 0 Å². The average molecular weight is 156 g/mol. The number of ether oxygens (including phenoxy) is 1. The highest BCUT2D eigenvalue weighted by Gasteiger charge is 2.38. The Morgan fingerprint density at radius 3 is 2.55 bits per heavy atom. The third-order valence-corrected chi connectivity index (χ3v) is 3.05. The summed E-state index contributed by atoms with van der Waals surface area (Å²) >= 11 is 0. The van der Waals surface area contributed by atoms with E-state index < -0.39 is 0 Å². The van der Waals surface area contributed by atoms with Gasteiger partial charge in [0.1, 0.15) is 0 Å². The first-order valence-corrected chi connectivity index (χ1v) is 4.86. The number of rotatable bonds is 4. The summed E-state index contributed by atoms with van der Waals surface area (Å²) in [6.07, 6.45) is 5.92. The van der Waals surface area contributed by atoms with E-state index in [2.05, 4.69) is 13.8 Å². The Balaban J connectivity index is 2.27. The van der Waals surface area contributed by atoms with E-state index in [-0.39, 0.29) is 0 Å². The second-order valence-electron chi connectivity index (χ2n) is 3.63. The van der Waals surface area contributed by atoms with Crippen molar-refractivity contribution in [1.82, 2.24) is 0 Å². The van der Waals surface area contributed by atoms with Crippen molar-refractivity contribution in [3.63, 3.8) is 0 Å². The lowest BCUT2D eigenvalue weighted by molar-refractivity contribution is -0.0675. The minimum absolute atomic E-state index is 0.580. The zero-order valence-electron chi connectivity index (χ0n) is 7.97. The number of hydrogen-bond acceptors (Lipinski definition) is 1. The van der Waals surface area contributed by atoms with Crippen LogP contribution in [0.1, 0.15) is 39.5 Å². The molecule has 3 atom stereocenters. The van der Waals surface area contributed by atoms with Crippen molar-refractivity contribution in [2.75, 3.05) is 7.11 Å². The van der Waals surface area contributed by atoms with Crippen molar-refractivity contribution < 1.29 is 4.74 Å². The Hall–Kier alpha value is -0.0400. The van der Waals surface area contributed by atoms with Crippen LogP contribution in [0.4, 0.5) is 0 Å². The minimum atomic E-state index is 0.580. The van der Waals surface area contributed by atoms with Gasteiger partial charge in [0.2, 0.25) is 0 Å². The maximum atomic E-state index is 5.37. The van der Waals surface area contributed by atoms with Gasteiger partial charge in [0.05, 0.1) is 6.10 Å². The second-order valence-corrected chi connectivity index (χ2v) is 3.63. The molecule has 1 nitrogen and oxygen atoms in total. The Labute approximate surface area is 70.1 Å². The molecule has 0 saturated heterocycles. The predicted octanol–water partition coefficient (Wildman–Crippen LogP) is 2.85. The van der Waals surface area contributed by atoms with Crippen molar-refractivity contribution in [3.05, 3.63) is 0 Å². The van der Waals surface area contributed by atoms with E-state index in [1.165, 1.54) is 25.7 Å². The van der Waals surface area contributed by atoms with Crippen molar-refractivity contribution in [3.8, 4) is 0 Å². The first-order chi connectivity index (χ1) is 5.33. The van der Waals surface area contributed by atoms with Gasteiger partial charge < -0.3 is 4.74 Å². The van der Waals surface area contributed by atoms with Gasteiger partial charge in [0.25, 0.3) is 0 Å². The third kappa shape index (κ3) is 1.76. The van der Waals surface area contributed by atoms with Crippen LogP contribution in [-0.4, -0.2) is 13.2 Å². The second kappa shape index (κ2) is 4.10. The van der Waals surface area contributed by atoms with Crippen LogP contribution in [0.25, 0.3) is 0 Å². The minimum Gasteiger partial charge on any atom is -0.381 e. The average Bonchev–Trinajstić information content (AvgIpc) is 1.98. The van der Waals surface area contributed by atoms with E-state index in [0.29, 0.717) is 6.10 Å². The molecule has 1 fully saturated rings. The molecule has 1 aliphatic rings. The van der Waals surface area contributed by atoms with Crippen LogP contribution in [0.15, 0.2) is 0 Å². The molecule has 1 aliphatic carbocycles. The zero-order chi connectivity index (χ0) is 8.27. The van der Waals surface area contributed by atoms with Crippen LogP contribution in [0.3, 0.4) is 0 Å². The lowest BCUT2D eigenvalue weighted by Gasteiger charge is -2.43. The van der Waals surface area contributed by atoms with E-state index in [9.17, 15) is 0 Å². The van der Waals surface area contributed by atoms with Crippen LogP contribution in [0.2, 0.25) is 0 Å². The van der Waals surface area contributed by atoms with E-state index in [0.717, 1.165) is 11.8 Å². The molecule has 0 bridgehead atoms. The molecule has 1 rings (SSSR count). The first kappa shape index (κ1) is 9.05. The maximum Gasteiger partial charge on any atom is 0.0604 e. The molecule has 0 radical (unpaired) electrons. The van der Waals surface area contributed by atoms with Crippen molar-refractivity contribution in [2.45, 2.75) is 45.6 Å². The summed E-state index contributed by atoms with van der Waals surface area (Å²) in [5.74, 6) is 1.83. The van der Waals surface area contributed by atoms with E-state index in [4.69, 9.17) is 4.74 Å². The molecular weight excluding hydrogens is 136 g/mol. The topological polar surface area (TPSA) is 9.23 Å².